The molecule has 1 aliphatic heterocycles. The van der Waals surface area contributed by atoms with Gasteiger partial charge in [0, 0.05) is 29.7 Å². The van der Waals surface area contributed by atoms with Crippen LogP contribution < -0.4 is 14.8 Å². The van der Waals surface area contributed by atoms with Gasteiger partial charge < -0.3 is 14.8 Å². The minimum Gasteiger partial charge on any atom is -0.486 e. The smallest absolute Gasteiger partial charge is 0.234 e. The maximum Gasteiger partial charge on any atom is 0.234 e. The Morgan fingerprint density at radius 2 is 2.00 bits per heavy atom. The van der Waals surface area contributed by atoms with Crippen molar-refractivity contribution >= 4 is 34.7 Å². The first-order valence-corrected chi connectivity index (χ1v) is 12.0. The molecule has 166 valence electrons. The van der Waals surface area contributed by atoms with E-state index < -0.39 is 0 Å². The zero-order valence-electron chi connectivity index (χ0n) is 17.6. The van der Waals surface area contributed by atoms with E-state index in [9.17, 15) is 4.79 Å². The summed E-state index contributed by atoms with van der Waals surface area (Å²) in [5.41, 5.74) is 3.29. The van der Waals surface area contributed by atoms with Crippen molar-refractivity contribution in [2.75, 3.05) is 24.3 Å². The van der Waals surface area contributed by atoms with Gasteiger partial charge in [0.1, 0.15) is 28.9 Å². The number of aromatic nitrogens is 4. The van der Waals surface area contributed by atoms with Gasteiger partial charge in [0.2, 0.25) is 5.91 Å². The molecular formula is C23H19N5O3S2. The molecule has 0 atom stereocenters. The summed E-state index contributed by atoms with van der Waals surface area (Å²) < 4.78 is 11.0. The lowest BCUT2D eigenvalue weighted by atomic mass is 10.2. The zero-order chi connectivity index (χ0) is 22.6. The summed E-state index contributed by atoms with van der Waals surface area (Å²) in [6.07, 6.45) is 3.53. The second-order valence-electron chi connectivity index (χ2n) is 7.13. The Labute approximate surface area is 198 Å². The minimum absolute atomic E-state index is 0.137. The highest BCUT2D eigenvalue weighted by Crippen LogP contribution is 2.34. The molecule has 0 fully saturated rings. The topological polar surface area (TPSA) is 99.1 Å². The largest absolute Gasteiger partial charge is 0.486 e. The minimum atomic E-state index is -0.137. The van der Waals surface area contributed by atoms with Crippen LogP contribution in [0.4, 0.5) is 5.69 Å². The number of rotatable bonds is 6. The summed E-state index contributed by atoms with van der Waals surface area (Å²) in [6.45, 7) is 2.99. The van der Waals surface area contributed by atoms with Crippen LogP contribution in [0.2, 0.25) is 0 Å². The Balaban J connectivity index is 1.20. The first-order valence-electron chi connectivity index (χ1n) is 10.2. The van der Waals surface area contributed by atoms with Crippen molar-refractivity contribution in [3.63, 3.8) is 0 Å². The van der Waals surface area contributed by atoms with Crippen LogP contribution in [0.5, 0.6) is 11.5 Å². The van der Waals surface area contributed by atoms with Crippen molar-refractivity contribution in [3.8, 4) is 32.6 Å². The van der Waals surface area contributed by atoms with Gasteiger partial charge in [0.25, 0.3) is 0 Å². The van der Waals surface area contributed by atoms with E-state index in [-0.39, 0.29) is 11.7 Å². The highest BCUT2D eigenvalue weighted by atomic mass is 32.2. The highest BCUT2D eigenvalue weighted by Gasteiger charge is 2.15. The third-order valence-electron chi connectivity index (χ3n) is 4.75. The molecule has 5 rings (SSSR count). The van der Waals surface area contributed by atoms with Crippen molar-refractivity contribution in [3.05, 3.63) is 60.6 Å². The average Bonchev–Trinajstić information content (AvgIpc) is 3.25. The number of ether oxygens (including phenoxy) is 2. The number of aryl methyl sites for hydroxylation is 1. The Bertz CT molecular complexity index is 1280. The Hall–Kier alpha value is -3.50. The molecule has 0 radical (unpaired) electrons. The van der Waals surface area contributed by atoms with Crippen LogP contribution in [-0.2, 0) is 4.79 Å². The summed E-state index contributed by atoms with van der Waals surface area (Å²) in [5, 5.41) is 13.1. The maximum atomic E-state index is 12.4. The fourth-order valence-corrected chi connectivity index (χ4v) is 4.86. The quantitative estimate of drug-likeness (QED) is 0.406. The number of pyridine rings is 1. The van der Waals surface area contributed by atoms with E-state index in [1.807, 2.05) is 31.2 Å². The number of carbonyl (C=O) groups is 1. The van der Waals surface area contributed by atoms with Gasteiger partial charge in [-0.25, -0.2) is 4.98 Å². The fourth-order valence-electron chi connectivity index (χ4n) is 3.22. The van der Waals surface area contributed by atoms with Gasteiger partial charge in [-0.1, -0.05) is 11.8 Å². The number of amides is 1. The lowest BCUT2D eigenvalue weighted by Gasteiger charge is -2.18. The number of thioether (sulfide) groups is 1. The van der Waals surface area contributed by atoms with Crippen LogP contribution in [0.15, 0.2) is 59.9 Å². The molecular weight excluding hydrogens is 458 g/mol. The molecule has 0 spiro atoms. The van der Waals surface area contributed by atoms with Gasteiger partial charge in [0.05, 0.1) is 16.3 Å². The van der Waals surface area contributed by atoms with Crippen LogP contribution in [0, 0.1) is 6.92 Å². The second kappa shape index (κ2) is 9.55. The van der Waals surface area contributed by atoms with E-state index in [2.05, 4.69) is 25.5 Å². The van der Waals surface area contributed by atoms with E-state index >= 15 is 0 Å². The monoisotopic (exact) mass is 477 g/mol. The first-order chi connectivity index (χ1) is 16.2. The van der Waals surface area contributed by atoms with Crippen LogP contribution in [0.25, 0.3) is 21.1 Å². The summed E-state index contributed by atoms with van der Waals surface area (Å²) >= 11 is 2.88. The van der Waals surface area contributed by atoms with E-state index in [1.54, 1.807) is 41.9 Å². The Morgan fingerprint density at radius 1 is 1.12 bits per heavy atom. The summed E-state index contributed by atoms with van der Waals surface area (Å²) in [5.74, 6) is 1.40. The van der Waals surface area contributed by atoms with Gasteiger partial charge in [-0.05, 0) is 43.3 Å². The lowest BCUT2D eigenvalue weighted by molar-refractivity contribution is -0.113. The van der Waals surface area contributed by atoms with Crippen molar-refractivity contribution < 1.29 is 14.3 Å². The van der Waals surface area contributed by atoms with Crippen molar-refractivity contribution in [1.29, 1.82) is 0 Å². The Kier molecular flexibility index (Phi) is 6.18. The predicted molar refractivity (Wildman–Crippen MR) is 128 cm³/mol. The molecule has 4 aromatic rings. The van der Waals surface area contributed by atoms with Gasteiger partial charge in [-0.15, -0.1) is 21.5 Å². The number of fused-ring (bicyclic) bond motifs is 1. The summed E-state index contributed by atoms with van der Waals surface area (Å²) in [6, 6.07) is 13.0. The predicted octanol–water partition coefficient (Wildman–Crippen LogP) is 4.47. The van der Waals surface area contributed by atoms with Gasteiger partial charge >= 0.3 is 0 Å². The number of hydrogen-bond donors (Lipinski definition) is 1. The second-order valence-corrected chi connectivity index (χ2v) is 9.12. The number of thiazole rings is 1. The number of nitrogens with zero attached hydrogens (tertiary/aromatic N) is 4. The van der Waals surface area contributed by atoms with E-state index in [0.29, 0.717) is 35.4 Å². The number of hydrogen-bond acceptors (Lipinski definition) is 9. The van der Waals surface area contributed by atoms with Gasteiger partial charge in [0.15, 0.2) is 11.5 Å². The molecule has 1 N–H and O–H groups in total. The molecule has 0 aliphatic carbocycles. The van der Waals surface area contributed by atoms with E-state index in [0.717, 1.165) is 26.8 Å². The molecule has 8 nitrogen and oxygen atoms in total. The molecule has 0 saturated heterocycles. The Morgan fingerprint density at radius 3 is 2.79 bits per heavy atom. The maximum absolute atomic E-state index is 12.4. The molecule has 0 saturated carbocycles. The van der Waals surface area contributed by atoms with Crippen molar-refractivity contribution in [2.45, 2.75) is 11.9 Å². The van der Waals surface area contributed by atoms with Gasteiger partial charge in [-0.3, -0.25) is 9.78 Å². The lowest BCUT2D eigenvalue weighted by Crippen LogP contribution is -2.17. The van der Waals surface area contributed by atoms with Crippen LogP contribution in [0.3, 0.4) is 0 Å². The molecule has 10 heteroatoms. The first kappa shape index (κ1) is 21.4. The van der Waals surface area contributed by atoms with E-state index in [4.69, 9.17) is 9.47 Å². The molecule has 1 aliphatic rings. The van der Waals surface area contributed by atoms with Crippen LogP contribution >= 0.6 is 23.1 Å². The molecule has 3 aromatic heterocycles. The van der Waals surface area contributed by atoms with Crippen LogP contribution in [0.1, 0.15) is 5.69 Å². The molecule has 1 amide bonds. The standard InChI is InChI=1S/C23H19N5O3S2/c1-14-22(33-23(25-14)15-3-2-8-24-12-15)17-5-7-21(28-27-17)32-13-20(29)26-16-4-6-18-19(11-16)31-10-9-30-18/h2-8,11-12H,9-10,13H2,1H3,(H,26,29). The fraction of sp³-hybridized carbons (Fsp3) is 0.174. The number of nitrogens with one attached hydrogen (secondary N) is 1. The number of anilines is 1. The number of carbonyl (C=O) groups excluding carboxylic acids is 1. The third kappa shape index (κ3) is 4.96. The van der Waals surface area contributed by atoms with Crippen molar-refractivity contribution in [1.82, 2.24) is 20.2 Å². The SMILES string of the molecule is Cc1nc(-c2cccnc2)sc1-c1ccc(SCC(=O)Nc2ccc3c(c2)OCCO3)nn1. The summed E-state index contributed by atoms with van der Waals surface area (Å²) in [4.78, 5) is 22.1. The normalized spacial score (nSPS) is 12.4. The van der Waals surface area contributed by atoms with E-state index in [1.165, 1.54) is 11.8 Å². The van der Waals surface area contributed by atoms with Gasteiger partial charge in [-0.2, -0.15) is 0 Å². The molecule has 4 heterocycles. The summed E-state index contributed by atoms with van der Waals surface area (Å²) in [7, 11) is 0. The highest BCUT2D eigenvalue weighted by molar-refractivity contribution is 7.99. The molecule has 0 unspecified atom stereocenters. The average molecular weight is 478 g/mol. The zero-order valence-corrected chi connectivity index (χ0v) is 19.3. The van der Waals surface area contributed by atoms with Crippen molar-refractivity contribution in [2.24, 2.45) is 0 Å². The van der Waals surface area contributed by atoms with Crippen LogP contribution in [-0.4, -0.2) is 45.0 Å². The molecule has 1 aromatic carbocycles. The third-order valence-corrected chi connectivity index (χ3v) is 6.90. The molecule has 33 heavy (non-hydrogen) atoms. The molecule has 0 bridgehead atoms. The number of benzene rings is 1.